The van der Waals surface area contributed by atoms with E-state index in [1.807, 2.05) is 14.0 Å². The Hall–Kier alpha value is -0.290. The largest absolute Gasteiger partial charge is 0.401 e. The molecule has 1 N–H and O–H groups in total. The van der Waals surface area contributed by atoms with Crippen molar-refractivity contribution in [1.82, 2.24) is 10.2 Å². The molecule has 1 heterocycles. The summed E-state index contributed by atoms with van der Waals surface area (Å²) in [6, 6.07) is 0.368. The van der Waals surface area contributed by atoms with Gasteiger partial charge in [0.2, 0.25) is 0 Å². The van der Waals surface area contributed by atoms with Crippen LogP contribution in [-0.4, -0.2) is 43.3 Å². The van der Waals surface area contributed by atoms with Crippen LogP contribution in [0.5, 0.6) is 0 Å². The van der Waals surface area contributed by atoms with E-state index in [1.165, 1.54) is 0 Å². The van der Waals surface area contributed by atoms with Crippen LogP contribution in [0.25, 0.3) is 0 Å². The van der Waals surface area contributed by atoms with Gasteiger partial charge in [0, 0.05) is 18.6 Å². The van der Waals surface area contributed by atoms with Gasteiger partial charge in [-0.1, -0.05) is 0 Å². The second kappa shape index (κ2) is 3.84. The highest BCUT2D eigenvalue weighted by Crippen LogP contribution is 2.17. The van der Waals surface area contributed by atoms with Crippen molar-refractivity contribution < 1.29 is 13.2 Å². The molecule has 1 saturated heterocycles. The SMILES string of the molecule is C[C@@H]1CC(NCC(F)(F)F)CN1C. The Balaban J connectivity index is 2.25. The number of hydrogen-bond donors (Lipinski definition) is 1. The lowest BCUT2D eigenvalue weighted by molar-refractivity contribution is -0.126. The topological polar surface area (TPSA) is 15.3 Å². The second-order valence-corrected chi connectivity index (χ2v) is 3.72. The first kappa shape index (κ1) is 10.8. The Morgan fingerprint density at radius 2 is 2.08 bits per heavy atom. The molecule has 78 valence electrons. The summed E-state index contributed by atoms with van der Waals surface area (Å²) in [4.78, 5) is 2.06. The quantitative estimate of drug-likeness (QED) is 0.714. The first-order chi connectivity index (χ1) is 5.88. The van der Waals surface area contributed by atoms with Gasteiger partial charge in [-0.2, -0.15) is 13.2 Å². The summed E-state index contributed by atoms with van der Waals surface area (Å²) in [7, 11) is 1.93. The number of alkyl halides is 3. The minimum atomic E-state index is -4.09. The maximum absolute atomic E-state index is 11.8. The van der Waals surface area contributed by atoms with Gasteiger partial charge in [0.15, 0.2) is 0 Å². The molecule has 2 atom stereocenters. The van der Waals surface area contributed by atoms with Crippen molar-refractivity contribution in [2.24, 2.45) is 0 Å². The smallest absolute Gasteiger partial charge is 0.305 e. The molecule has 1 rings (SSSR count). The molecule has 0 bridgehead atoms. The van der Waals surface area contributed by atoms with Crippen LogP contribution < -0.4 is 5.32 Å². The Morgan fingerprint density at radius 1 is 1.46 bits per heavy atom. The molecule has 1 unspecified atom stereocenters. The van der Waals surface area contributed by atoms with Crippen molar-refractivity contribution in [3.8, 4) is 0 Å². The highest BCUT2D eigenvalue weighted by atomic mass is 19.4. The molecule has 2 nitrogen and oxygen atoms in total. The number of nitrogens with zero attached hydrogens (tertiary/aromatic N) is 1. The average molecular weight is 196 g/mol. The fourth-order valence-electron chi connectivity index (χ4n) is 1.60. The van der Waals surface area contributed by atoms with Crippen LogP contribution >= 0.6 is 0 Å². The van der Waals surface area contributed by atoms with Gasteiger partial charge in [0.25, 0.3) is 0 Å². The Labute approximate surface area is 76.1 Å². The first-order valence-electron chi connectivity index (χ1n) is 4.39. The van der Waals surface area contributed by atoms with Gasteiger partial charge in [-0.3, -0.25) is 0 Å². The summed E-state index contributed by atoms with van der Waals surface area (Å²) in [5, 5.41) is 2.52. The molecule has 13 heavy (non-hydrogen) atoms. The molecule has 1 aliphatic rings. The van der Waals surface area contributed by atoms with Crippen LogP contribution in [0.4, 0.5) is 13.2 Å². The van der Waals surface area contributed by atoms with Crippen molar-refractivity contribution in [2.75, 3.05) is 20.1 Å². The number of nitrogens with one attached hydrogen (secondary N) is 1. The molecule has 0 saturated carbocycles. The van der Waals surface area contributed by atoms with Gasteiger partial charge in [-0.05, 0) is 20.4 Å². The Kier molecular flexibility index (Phi) is 3.18. The molecule has 1 fully saturated rings. The van der Waals surface area contributed by atoms with Crippen molar-refractivity contribution in [3.05, 3.63) is 0 Å². The van der Waals surface area contributed by atoms with Gasteiger partial charge in [-0.15, -0.1) is 0 Å². The van der Waals surface area contributed by atoms with E-state index in [-0.39, 0.29) is 6.04 Å². The molecule has 0 aromatic rings. The van der Waals surface area contributed by atoms with Gasteiger partial charge < -0.3 is 10.2 Å². The van der Waals surface area contributed by atoms with Crippen molar-refractivity contribution in [1.29, 1.82) is 0 Å². The van der Waals surface area contributed by atoms with Crippen LogP contribution in [-0.2, 0) is 0 Å². The Bertz CT molecular complexity index is 159. The van der Waals surface area contributed by atoms with Crippen molar-refractivity contribution in [3.63, 3.8) is 0 Å². The third-order valence-electron chi connectivity index (χ3n) is 2.48. The van der Waals surface area contributed by atoms with Crippen LogP contribution in [0.1, 0.15) is 13.3 Å². The van der Waals surface area contributed by atoms with Crippen LogP contribution in [0.15, 0.2) is 0 Å². The lowest BCUT2D eigenvalue weighted by Crippen LogP contribution is -2.38. The molecule has 0 radical (unpaired) electrons. The summed E-state index contributed by atoms with van der Waals surface area (Å²) in [5.41, 5.74) is 0. The lowest BCUT2D eigenvalue weighted by atomic mass is 10.2. The molecule has 0 aromatic heterocycles. The number of likely N-dealkylation sites (tertiary alicyclic amines) is 1. The Morgan fingerprint density at radius 3 is 2.46 bits per heavy atom. The second-order valence-electron chi connectivity index (χ2n) is 3.72. The van der Waals surface area contributed by atoms with E-state index < -0.39 is 12.7 Å². The normalized spacial score (nSPS) is 31.2. The van der Waals surface area contributed by atoms with Gasteiger partial charge in [0.1, 0.15) is 0 Å². The van der Waals surface area contributed by atoms with E-state index in [4.69, 9.17) is 0 Å². The monoisotopic (exact) mass is 196 g/mol. The fraction of sp³-hybridized carbons (Fsp3) is 1.00. The van der Waals surface area contributed by atoms with E-state index in [1.54, 1.807) is 0 Å². The summed E-state index contributed by atoms with van der Waals surface area (Å²) >= 11 is 0. The summed E-state index contributed by atoms with van der Waals surface area (Å²) in [6.45, 7) is 1.85. The van der Waals surface area contributed by atoms with E-state index >= 15 is 0 Å². The summed E-state index contributed by atoms with van der Waals surface area (Å²) < 4.78 is 35.5. The van der Waals surface area contributed by atoms with Gasteiger partial charge in [0.05, 0.1) is 6.54 Å². The van der Waals surface area contributed by atoms with Crippen LogP contribution in [0.2, 0.25) is 0 Å². The van der Waals surface area contributed by atoms with Crippen molar-refractivity contribution in [2.45, 2.75) is 31.6 Å². The minimum absolute atomic E-state index is 0.0124. The molecule has 0 aromatic carbocycles. The molecule has 0 spiro atoms. The molecule has 5 heteroatoms. The van der Waals surface area contributed by atoms with Gasteiger partial charge >= 0.3 is 6.18 Å². The number of rotatable bonds is 2. The minimum Gasteiger partial charge on any atom is -0.305 e. The number of likely N-dealkylation sites (N-methyl/N-ethyl adjacent to an activating group) is 1. The lowest BCUT2D eigenvalue weighted by Gasteiger charge is -2.14. The van der Waals surface area contributed by atoms with Crippen LogP contribution in [0, 0.1) is 0 Å². The molecular formula is C8H15F3N2. The molecule has 0 aliphatic carbocycles. The van der Waals surface area contributed by atoms with E-state index in [0.29, 0.717) is 12.6 Å². The van der Waals surface area contributed by atoms with Gasteiger partial charge in [-0.25, -0.2) is 0 Å². The third kappa shape index (κ3) is 3.52. The van der Waals surface area contributed by atoms with E-state index in [2.05, 4.69) is 10.2 Å². The zero-order chi connectivity index (χ0) is 10.1. The average Bonchev–Trinajstić information content (AvgIpc) is 2.27. The predicted molar refractivity (Wildman–Crippen MR) is 44.6 cm³/mol. The standard InChI is InChI=1S/C8H15F3N2/c1-6-3-7(4-13(6)2)12-5-8(9,10)11/h6-7,12H,3-5H2,1-2H3/t6-,7?/m1/s1. The molecular weight excluding hydrogens is 181 g/mol. The maximum atomic E-state index is 11.8. The molecule has 0 amide bonds. The van der Waals surface area contributed by atoms with Crippen molar-refractivity contribution >= 4 is 0 Å². The zero-order valence-corrected chi connectivity index (χ0v) is 7.86. The summed E-state index contributed by atoms with van der Waals surface area (Å²) in [5.74, 6) is 0. The highest BCUT2D eigenvalue weighted by Gasteiger charge is 2.31. The molecule has 1 aliphatic heterocycles. The van der Waals surface area contributed by atoms with Crippen LogP contribution in [0.3, 0.4) is 0 Å². The maximum Gasteiger partial charge on any atom is 0.401 e. The highest BCUT2D eigenvalue weighted by molar-refractivity contribution is 4.85. The zero-order valence-electron chi connectivity index (χ0n) is 7.86. The first-order valence-corrected chi connectivity index (χ1v) is 4.39. The fourth-order valence-corrected chi connectivity index (χ4v) is 1.60. The van der Waals surface area contributed by atoms with E-state index in [0.717, 1.165) is 6.42 Å². The number of hydrogen-bond acceptors (Lipinski definition) is 2. The van der Waals surface area contributed by atoms with E-state index in [9.17, 15) is 13.2 Å². The third-order valence-corrected chi connectivity index (χ3v) is 2.48. The number of halogens is 3. The summed E-state index contributed by atoms with van der Waals surface area (Å²) in [6.07, 6.45) is -3.29. The predicted octanol–water partition coefficient (Wildman–Crippen LogP) is 1.23.